The summed E-state index contributed by atoms with van der Waals surface area (Å²) in [6.07, 6.45) is 1.89. The zero-order valence-electron chi connectivity index (χ0n) is 12.4. The van der Waals surface area contributed by atoms with E-state index in [0.29, 0.717) is 12.5 Å². The Balaban J connectivity index is 1.95. The number of amides is 1. The molecular formula is C16H24N2O2. The summed E-state index contributed by atoms with van der Waals surface area (Å²) < 4.78 is 0. The topological polar surface area (TPSA) is 52.6 Å². The highest BCUT2D eigenvalue weighted by Crippen LogP contribution is 2.21. The van der Waals surface area contributed by atoms with Crippen molar-refractivity contribution in [3.8, 4) is 0 Å². The van der Waals surface area contributed by atoms with E-state index in [1.165, 1.54) is 5.56 Å². The zero-order valence-corrected chi connectivity index (χ0v) is 12.4. The van der Waals surface area contributed by atoms with Gasteiger partial charge in [-0.05, 0) is 43.4 Å². The maximum atomic E-state index is 12.2. The first-order valence-electron chi connectivity index (χ1n) is 7.35. The maximum absolute atomic E-state index is 12.2. The highest BCUT2D eigenvalue weighted by molar-refractivity contribution is 5.93. The van der Waals surface area contributed by atoms with Gasteiger partial charge in [-0.2, -0.15) is 0 Å². The molecule has 1 aliphatic rings. The van der Waals surface area contributed by atoms with Crippen LogP contribution in [0.1, 0.15) is 24.5 Å². The van der Waals surface area contributed by atoms with Crippen LogP contribution >= 0.6 is 0 Å². The predicted octanol–water partition coefficient (Wildman–Crippen LogP) is 1.81. The average molecular weight is 276 g/mol. The number of benzene rings is 1. The van der Waals surface area contributed by atoms with Gasteiger partial charge in [-0.25, -0.2) is 0 Å². The van der Waals surface area contributed by atoms with Crippen LogP contribution in [0.15, 0.2) is 18.2 Å². The Labute approximate surface area is 120 Å². The van der Waals surface area contributed by atoms with Crippen molar-refractivity contribution in [3.05, 3.63) is 29.3 Å². The first-order valence-corrected chi connectivity index (χ1v) is 7.35. The summed E-state index contributed by atoms with van der Waals surface area (Å²) in [5.41, 5.74) is 3.23. The van der Waals surface area contributed by atoms with Crippen LogP contribution < -0.4 is 5.32 Å². The fourth-order valence-corrected chi connectivity index (χ4v) is 2.79. The number of rotatable bonds is 5. The molecule has 1 saturated heterocycles. The minimum atomic E-state index is 0.0348. The van der Waals surface area contributed by atoms with Crippen LogP contribution in [0.5, 0.6) is 0 Å². The van der Waals surface area contributed by atoms with Crippen LogP contribution in [0.2, 0.25) is 0 Å². The highest BCUT2D eigenvalue weighted by Gasteiger charge is 2.23. The van der Waals surface area contributed by atoms with Gasteiger partial charge in [-0.1, -0.05) is 25.1 Å². The van der Waals surface area contributed by atoms with Gasteiger partial charge in [-0.15, -0.1) is 0 Å². The Morgan fingerprint density at radius 2 is 2.30 bits per heavy atom. The third kappa shape index (κ3) is 3.58. The molecule has 1 aromatic carbocycles. The van der Waals surface area contributed by atoms with Crippen molar-refractivity contribution in [3.63, 3.8) is 0 Å². The lowest BCUT2D eigenvalue weighted by atomic mass is 10.1. The molecule has 0 radical (unpaired) electrons. The van der Waals surface area contributed by atoms with Gasteiger partial charge in [0, 0.05) is 18.8 Å². The lowest BCUT2D eigenvalue weighted by Crippen LogP contribution is -2.32. The number of nitrogens with one attached hydrogen (secondary N) is 1. The molecule has 1 aromatic rings. The zero-order chi connectivity index (χ0) is 14.5. The summed E-state index contributed by atoms with van der Waals surface area (Å²) in [5, 5.41) is 12.2. The van der Waals surface area contributed by atoms with Gasteiger partial charge < -0.3 is 10.4 Å². The molecule has 0 aliphatic carbocycles. The van der Waals surface area contributed by atoms with Gasteiger partial charge in [-0.3, -0.25) is 9.69 Å². The Morgan fingerprint density at radius 1 is 1.50 bits per heavy atom. The van der Waals surface area contributed by atoms with E-state index < -0.39 is 0 Å². The number of anilines is 1. The normalized spacial score (nSPS) is 19.2. The molecule has 1 atom stereocenters. The van der Waals surface area contributed by atoms with Crippen molar-refractivity contribution < 1.29 is 9.90 Å². The van der Waals surface area contributed by atoms with Gasteiger partial charge >= 0.3 is 0 Å². The van der Waals surface area contributed by atoms with E-state index >= 15 is 0 Å². The van der Waals surface area contributed by atoms with E-state index in [4.69, 9.17) is 5.11 Å². The SMILES string of the molecule is CCc1cccc(C)c1NC(=O)CN1CCC(CO)C1. The number of nitrogens with zero attached hydrogens (tertiary/aromatic N) is 1. The second-order valence-corrected chi connectivity index (χ2v) is 5.58. The summed E-state index contributed by atoms with van der Waals surface area (Å²) in [6, 6.07) is 6.10. The molecular weight excluding hydrogens is 252 g/mol. The smallest absolute Gasteiger partial charge is 0.238 e. The number of carbonyl (C=O) groups is 1. The lowest BCUT2D eigenvalue weighted by molar-refractivity contribution is -0.117. The third-order valence-corrected chi connectivity index (χ3v) is 4.00. The summed E-state index contributed by atoms with van der Waals surface area (Å²) in [4.78, 5) is 14.3. The molecule has 0 spiro atoms. The van der Waals surface area contributed by atoms with Gasteiger partial charge in [0.05, 0.1) is 6.54 Å². The van der Waals surface area contributed by atoms with Crippen LogP contribution in [-0.4, -0.2) is 42.2 Å². The van der Waals surface area contributed by atoms with Crippen LogP contribution in [0.4, 0.5) is 5.69 Å². The molecule has 1 unspecified atom stereocenters. The molecule has 2 rings (SSSR count). The lowest BCUT2D eigenvalue weighted by Gasteiger charge is -2.17. The van der Waals surface area contributed by atoms with Crippen LogP contribution in [0.3, 0.4) is 0 Å². The van der Waals surface area contributed by atoms with Crippen LogP contribution in [0.25, 0.3) is 0 Å². The van der Waals surface area contributed by atoms with Crippen molar-refractivity contribution in [2.75, 3.05) is 31.6 Å². The van der Waals surface area contributed by atoms with Gasteiger partial charge in [0.15, 0.2) is 0 Å². The maximum Gasteiger partial charge on any atom is 0.238 e. The average Bonchev–Trinajstić information content (AvgIpc) is 2.88. The fraction of sp³-hybridized carbons (Fsp3) is 0.562. The van der Waals surface area contributed by atoms with E-state index in [2.05, 4.69) is 23.2 Å². The number of para-hydroxylation sites is 1. The van der Waals surface area contributed by atoms with Crippen molar-refractivity contribution in [2.45, 2.75) is 26.7 Å². The van der Waals surface area contributed by atoms with E-state index in [1.54, 1.807) is 0 Å². The fourth-order valence-electron chi connectivity index (χ4n) is 2.79. The highest BCUT2D eigenvalue weighted by atomic mass is 16.3. The molecule has 1 aliphatic heterocycles. The molecule has 1 amide bonds. The van der Waals surface area contributed by atoms with E-state index in [1.807, 2.05) is 19.1 Å². The molecule has 0 aromatic heterocycles. The standard InChI is InChI=1S/C16H24N2O2/c1-3-14-6-4-5-12(2)16(14)17-15(20)10-18-8-7-13(9-18)11-19/h4-6,13,19H,3,7-11H2,1-2H3,(H,17,20). The number of carbonyl (C=O) groups excluding carboxylic acids is 1. The number of hydrogen-bond donors (Lipinski definition) is 2. The molecule has 4 nitrogen and oxygen atoms in total. The first kappa shape index (κ1) is 15.0. The monoisotopic (exact) mass is 276 g/mol. The van der Waals surface area contributed by atoms with Crippen molar-refractivity contribution in [1.29, 1.82) is 0 Å². The number of aryl methyl sites for hydroxylation is 2. The van der Waals surface area contributed by atoms with Crippen molar-refractivity contribution in [2.24, 2.45) is 5.92 Å². The van der Waals surface area contributed by atoms with E-state index in [0.717, 1.165) is 37.2 Å². The minimum absolute atomic E-state index is 0.0348. The van der Waals surface area contributed by atoms with E-state index in [9.17, 15) is 4.79 Å². The predicted molar refractivity (Wildman–Crippen MR) is 80.8 cm³/mol. The quantitative estimate of drug-likeness (QED) is 0.862. The molecule has 2 N–H and O–H groups in total. The number of hydrogen-bond acceptors (Lipinski definition) is 3. The van der Waals surface area contributed by atoms with Gasteiger partial charge in [0.2, 0.25) is 5.91 Å². The van der Waals surface area contributed by atoms with Gasteiger partial charge in [0.1, 0.15) is 0 Å². The molecule has 1 heterocycles. The van der Waals surface area contributed by atoms with Crippen LogP contribution in [0, 0.1) is 12.8 Å². The molecule has 4 heteroatoms. The summed E-state index contributed by atoms with van der Waals surface area (Å²) in [7, 11) is 0. The van der Waals surface area contributed by atoms with Crippen molar-refractivity contribution >= 4 is 11.6 Å². The van der Waals surface area contributed by atoms with Crippen molar-refractivity contribution in [1.82, 2.24) is 4.90 Å². The largest absolute Gasteiger partial charge is 0.396 e. The first-order chi connectivity index (χ1) is 9.63. The number of likely N-dealkylation sites (tertiary alicyclic amines) is 1. The van der Waals surface area contributed by atoms with Crippen LogP contribution in [-0.2, 0) is 11.2 Å². The summed E-state index contributed by atoms with van der Waals surface area (Å²) in [5.74, 6) is 0.361. The molecule has 0 bridgehead atoms. The Kier molecular flexibility index (Phi) is 5.15. The van der Waals surface area contributed by atoms with Gasteiger partial charge in [0.25, 0.3) is 0 Å². The van der Waals surface area contributed by atoms with E-state index in [-0.39, 0.29) is 12.5 Å². The Bertz CT molecular complexity index is 474. The summed E-state index contributed by atoms with van der Waals surface area (Å²) in [6.45, 7) is 6.46. The molecule has 110 valence electrons. The molecule has 20 heavy (non-hydrogen) atoms. The number of aliphatic hydroxyl groups is 1. The summed E-state index contributed by atoms with van der Waals surface area (Å²) >= 11 is 0. The molecule has 0 saturated carbocycles. The second kappa shape index (κ2) is 6.86. The second-order valence-electron chi connectivity index (χ2n) is 5.58. The Hall–Kier alpha value is -1.39. The number of aliphatic hydroxyl groups excluding tert-OH is 1. The minimum Gasteiger partial charge on any atom is -0.396 e. The Morgan fingerprint density at radius 3 is 2.95 bits per heavy atom. The third-order valence-electron chi connectivity index (χ3n) is 4.00. The molecule has 1 fully saturated rings.